The van der Waals surface area contributed by atoms with Gasteiger partial charge in [0.1, 0.15) is 5.75 Å². The molecule has 8 heteroatoms. The van der Waals surface area contributed by atoms with Crippen molar-refractivity contribution in [2.45, 2.75) is 27.3 Å². The molecule has 2 N–H and O–H groups in total. The average molecular weight is 408 g/mol. The quantitative estimate of drug-likeness (QED) is 0.610. The van der Waals surface area contributed by atoms with Crippen molar-refractivity contribution in [2.75, 3.05) is 6.61 Å². The maximum atomic E-state index is 12.8. The third kappa shape index (κ3) is 4.65. The summed E-state index contributed by atoms with van der Waals surface area (Å²) in [5.41, 5.74) is 4.94. The fourth-order valence-electron chi connectivity index (χ4n) is 2.99. The van der Waals surface area contributed by atoms with E-state index >= 15 is 0 Å². The van der Waals surface area contributed by atoms with Gasteiger partial charge in [-0.3, -0.25) is 25.2 Å². The molecule has 0 saturated carbocycles. The van der Waals surface area contributed by atoms with Crippen molar-refractivity contribution < 1.29 is 14.3 Å². The van der Waals surface area contributed by atoms with Crippen LogP contribution in [0.25, 0.3) is 10.8 Å². The van der Waals surface area contributed by atoms with Gasteiger partial charge in [-0.05, 0) is 43.2 Å². The van der Waals surface area contributed by atoms with Crippen LogP contribution in [0.4, 0.5) is 0 Å². The molecule has 0 aliphatic carbocycles. The number of nitrogens with zero attached hydrogens (tertiary/aromatic N) is 2. The number of hydrogen-bond acceptors (Lipinski definition) is 5. The largest absolute Gasteiger partial charge is 0.494 e. The van der Waals surface area contributed by atoms with Crippen LogP contribution < -0.4 is 21.1 Å². The van der Waals surface area contributed by atoms with Crippen LogP contribution in [0.1, 0.15) is 41.6 Å². The highest BCUT2D eigenvalue weighted by molar-refractivity contribution is 6.06. The van der Waals surface area contributed by atoms with Crippen LogP contribution in [0.2, 0.25) is 0 Å². The van der Waals surface area contributed by atoms with E-state index in [1.165, 1.54) is 4.68 Å². The van der Waals surface area contributed by atoms with Crippen molar-refractivity contribution in [3.8, 4) is 5.75 Å². The minimum atomic E-state index is -0.608. The van der Waals surface area contributed by atoms with Crippen molar-refractivity contribution in [1.29, 1.82) is 0 Å². The highest BCUT2D eigenvalue weighted by Crippen LogP contribution is 2.14. The molecule has 0 aliphatic heterocycles. The SMILES string of the molecule is CCOc1ccc(C(=O)NNC(=O)c2nn(CC(C)C)c(=O)c3ccccc23)cc1. The first-order chi connectivity index (χ1) is 14.4. The lowest BCUT2D eigenvalue weighted by Crippen LogP contribution is -2.42. The van der Waals surface area contributed by atoms with E-state index in [4.69, 9.17) is 4.74 Å². The summed E-state index contributed by atoms with van der Waals surface area (Å²) in [5.74, 6) is -0.262. The number of carbonyl (C=O) groups excluding carboxylic acids is 2. The fraction of sp³-hybridized carbons (Fsp3) is 0.273. The number of aromatic nitrogens is 2. The summed E-state index contributed by atoms with van der Waals surface area (Å²) < 4.78 is 6.64. The standard InChI is InChI=1S/C22H24N4O4/c1-4-30-16-11-9-15(10-12-16)20(27)23-24-21(28)19-17-7-5-6-8-18(17)22(29)26(25-19)13-14(2)3/h5-12,14H,4,13H2,1-3H3,(H,23,27)(H,24,28). The highest BCUT2D eigenvalue weighted by Gasteiger charge is 2.18. The van der Waals surface area contributed by atoms with E-state index in [2.05, 4.69) is 16.0 Å². The molecule has 0 aliphatic rings. The smallest absolute Gasteiger partial charge is 0.290 e. The number of hydrazine groups is 1. The number of carbonyl (C=O) groups is 2. The van der Waals surface area contributed by atoms with E-state index in [9.17, 15) is 14.4 Å². The van der Waals surface area contributed by atoms with Gasteiger partial charge in [0.15, 0.2) is 5.69 Å². The number of ether oxygens (including phenoxy) is 1. The minimum Gasteiger partial charge on any atom is -0.494 e. The Morgan fingerprint density at radius 3 is 2.27 bits per heavy atom. The zero-order valence-electron chi connectivity index (χ0n) is 17.1. The van der Waals surface area contributed by atoms with Crippen LogP contribution in [0.5, 0.6) is 5.75 Å². The monoisotopic (exact) mass is 408 g/mol. The zero-order valence-corrected chi connectivity index (χ0v) is 17.1. The Hall–Kier alpha value is -3.68. The van der Waals surface area contributed by atoms with Crippen molar-refractivity contribution in [2.24, 2.45) is 5.92 Å². The summed E-state index contributed by atoms with van der Waals surface area (Å²) in [6.07, 6.45) is 0. The Balaban J connectivity index is 1.81. The normalized spacial score (nSPS) is 10.8. The second kappa shape index (κ2) is 9.21. The summed E-state index contributed by atoms with van der Waals surface area (Å²) in [7, 11) is 0. The Morgan fingerprint density at radius 2 is 1.63 bits per heavy atom. The highest BCUT2D eigenvalue weighted by atomic mass is 16.5. The molecule has 1 aromatic heterocycles. The number of amides is 2. The van der Waals surface area contributed by atoms with E-state index in [1.807, 2.05) is 20.8 Å². The van der Waals surface area contributed by atoms with Gasteiger partial charge < -0.3 is 4.74 Å². The first kappa shape index (κ1) is 21.0. The number of benzene rings is 2. The molecule has 0 unspecified atom stereocenters. The third-order valence-electron chi connectivity index (χ3n) is 4.34. The van der Waals surface area contributed by atoms with Crippen LogP contribution in [0, 0.1) is 5.92 Å². The molecule has 30 heavy (non-hydrogen) atoms. The van der Waals surface area contributed by atoms with E-state index in [0.29, 0.717) is 35.2 Å². The third-order valence-corrected chi connectivity index (χ3v) is 4.34. The average Bonchev–Trinajstić information content (AvgIpc) is 2.74. The molecule has 0 bridgehead atoms. The molecular formula is C22H24N4O4. The van der Waals surface area contributed by atoms with Crippen LogP contribution in [0.15, 0.2) is 53.3 Å². The van der Waals surface area contributed by atoms with Gasteiger partial charge in [0.25, 0.3) is 17.4 Å². The lowest BCUT2D eigenvalue weighted by Gasteiger charge is -2.13. The summed E-state index contributed by atoms with van der Waals surface area (Å²) in [6.45, 7) is 6.70. The summed E-state index contributed by atoms with van der Waals surface area (Å²) in [4.78, 5) is 37.7. The van der Waals surface area contributed by atoms with Gasteiger partial charge in [0, 0.05) is 17.5 Å². The number of nitrogens with one attached hydrogen (secondary N) is 2. The van der Waals surface area contributed by atoms with Gasteiger partial charge >= 0.3 is 0 Å². The molecule has 2 aromatic carbocycles. The summed E-state index contributed by atoms with van der Waals surface area (Å²) >= 11 is 0. The van der Waals surface area contributed by atoms with Gasteiger partial charge in [-0.25, -0.2) is 4.68 Å². The molecule has 156 valence electrons. The Morgan fingerprint density at radius 1 is 1.00 bits per heavy atom. The molecular weight excluding hydrogens is 384 g/mol. The van der Waals surface area contributed by atoms with E-state index < -0.39 is 11.8 Å². The zero-order chi connectivity index (χ0) is 21.7. The summed E-state index contributed by atoms with van der Waals surface area (Å²) in [5, 5.41) is 5.07. The van der Waals surface area contributed by atoms with E-state index in [-0.39, 0.29) is 17.2 Å². The molecule has 0 fully saturated rings. The van der Waals surface area contributed by atoms with Crippen molar-refractivity contribution in [3.63, 3.8) is 0 Å². The minimum absolute atomic E-state index is 0.0674. The van der Waals surface area contributed by atoms with Gasteiger partial charge in [-0.15, -0.1) is 0 Å². The van der Waals surface area contributed by atoms with Crippen molar-refractivity contribution >= 4 is 22.6 Å². The second-order valence-electron chi connectivity index (χ2n) is 7.14. The molecule has 2 amide bonds. The molecule has 0 spiro atoms. The molecule has 3 aromatic rings. The second-order valence-corrected chi connectivity index (χ2v) is 7.14. The fourth-order valence-corrected chi connectivity index (χ4v) is 2.99. The number of rotatable bonds is 6. The lowest BCUT2D eigenvalue weighted by molar-refractivity contribution is 0.0843. The predicted octanol–water partition coefficient (Wildman–Crippen LogP) is 2.53. The van der Waals surface area contributed by atoms with Crippen molar-refractivity contribution in [1.82, 2.24) is 20.6 Å². The van der Waals surface area contributed by atoms with Crippen LogP contribution in [0.3, 0.4) is 0 Å². The molecule has 8 nitrogen and oxygen atoms in total. The maximum Gasteiger partial charge on any atom is 0.290 e. The van der Waals surface area contributed by atoms with Gasteiger partial charge in [-0.2, -0.15) is 5.10 Å². The Kier molecular flexibility index (Phi) is 6.46. The van der Waals surface area contributed by atoms with Crippen LogP contribution in [-0.2, 0) is 6.54 Å². The van der Waals surface area contributed by atoms with E-state index in [1.54, 1.807) is 48.5 Å². The number of hydrogen-bond donors (Lipinski definition) is 2. The van der Waals surface area contributed by atoms with E-state index in [0.717, 1.165) is 0 Å². The number of fused-ring (bicyclic) bond motifs is 1. The molecule has 0 saturated heterocycles. The molecule has 1 heterocycles. The van der Waals surface area contributed by atoms with Crippen LogP contribution in [-0.4, -0.2) is 28.2 Å². The van der Waals surface area contributed by atoms with Crippen LogP contribution >= 0.6 is 0 Å². The van der Waals surface area contributed by atoms with Gasteiger partial charge in [0.2, 0.25) is 0 Å². The lowest BCUT2D eigenvalue weighted by atomic mass is 10.1. The Bertz CT molecular complexity index is 1120. The van der Waals surface area contributed by atoms with Gasteiger partial charge in [-0.1, -0.05) is 32.0 Å². The predicted molar refractivity (Wildman–Crippen MR) is 113 cm³/mol. The van der Waals surface area contributed by atoms with Gasteiger partial charge in [0.05, 0.1) is 12.0 Å². The Labute approximate surface area is 173 Å². The summed E-state index contributed by atoms with van der Waals surface area (Å²) in [6, 6.07) is 13.3. The maximum absolute atomic E-state index is 12.8. The molecule has 0 atom stereocenters. The van der Waals surface area contributed by atoms with Crippen molar-refractivity contribution in [3.05, 3.63) is 70.1 Å². The topological polar surface area (TPSA) is 102 Å². The molecule has 3 rings (SSSR count). The first-order valence-corrected chi connectivity index (χ1v) is 9.74. The first-order valence-electron chi connectivity index (χ1n) is 9.74. The molecule has 0 radical (unpaired) electrons.